The van der Waals surface area contributed by atoms with E-state index >= 15 is 0 Å². The van der Waals surface area contributed by atoms with Gasteiger partial charge in [-0.1, -0.05) is 25.1 Å². The second-order valence-corrected chi connectivity index (χ2v) is 9.26. The Labute approximate surface area is 230 Å². The van der Waals surface area contributed by atoms with Crippen molar-refractivity contribution in [3.8, 4) is 17.1 Å². The molecule has 0 aliphatic carbocycles. The molecule has 3 N–H and O–H groups in total. The van der Waals surface area contributed by atoms with Crippen LogP contribution in [-0.2, 0) is 4.79 Å². The summed E-state index contributed by atoms with van der Waals surface area (Å²) >= 11 is 5.79. The van der Waals surface area contributed by atoms with Crippen molar-refractivity contribution in [3.05, 3.63) is 96.0 Å². The quantitative estimate of drug-likeness (QED) is 0.246. The van der Waals surface area contributed by atoms with E-state index in [1.807, 2.05) is 47.4 Å². The molecule has 1 saturated heterocycles. The maximum atomic E-state index is 12.0. The predicted molar refractivity (Wildman–Crippen MR) is 151 cm³/mol. The van der Waals surface area contributed by atoms with Crippen LogP contribution in [0, 0.1) is 0 Å². The number of hydrogen-bond donors (Lipinski definition) is 3. The first-order valence-electron chi connectivity index (χ1n) is 12.3. The fraction of sp³-hybridized carbons (Fsp3) is 0.172. The average Bonchev–Trinajstić information content (AvgIpc) is 3.58. The molecule has 39 heavy (non-hydrogen) atoms. The molecule has 2 aromatic heterocycles. The summed E-state index contributed by atoms with van der Waals surface area (Å²) in [6.07, 6.45) is 2.06. The second-order valence-electron chi connectivity index (χ2n) is 8.87. The Balaban J connectivity index is 1.57. The van der Waals surface area contributed by atoms with Crippen LogP contribution in [-0.4, -0.2) is 34.2 Å². The molecule has 198 valence electrons. The molecule has 10 heteroatoms. The lowest BCUT2D eigenvalue weighted by Gasteiger charge is -2.27. The van der Waals surface area contributed by atoms with Crippen LogP contribution in [0.5, 0.6) is 5.75 Å². The Morgan fingerprint density at radius 2 is 1.97 bits per heavy atom. The van der Waals surface area contributed by atoms with Crippen LogP contribution >= 0.6 is 12.2 Å². The Morgan fingerprint density at radius 1 is 1.13 bits per heavy atom. The van der Waals surface area contributed by atoms with Crippen molar-refractivity contribution in [1.29, 1.82) is 0 Å². The van der Waals surface area contributed by atoms with Crippen LogP contribution < -0.4 is 20.3 Å². The number of carbonyl (C=O) groups is 2. The second kappa shape index (κ2) is 11.0. The maximum absolute atomic E-state index is 12.0. The zero-order chi connectivity index (χ0) is 27.5. The number of pyridine rings is 1. The molecule has 0 unspecified atom stereocenters. The third-order valence-corrected chi connectivity index (χ3v) is 6.78. The monoisotopic (exact) mass is 542 g/mol. The van der Waals surface area contributed by atoms with E-state index in [0.717, 1.165) is 11.4 Å². The van der Waals surface area contributed by atoms with Crippen molar-refractivity contribution in [2.75, 3.05) is 17.3 Å². The largest absolute Gasteiger partial charge is 0.494 e. The molecular formula is C29H26N4O5S. The molecule has 1 aliphatic heterocycles. The van der Waals surface area contributed by atoms with Crippen molar-refractivity contribution in [2.24, 2.45) is 0 Å². The lowest BCUT2D eigenvalue weighted by atomic mass is 10.0. The van der Waals surface area contributed by atoms with Gasteiger partial charge in [0.05, 0.1) is 30.1 Å². The minimum absolute atomic E-state index is 0.123. The Kier molecular flexibility index (Phi) is 7.29. The number of ether oxygens (including phenoxy) is 1. The minimum Gasteiger partial charge on any atom is -0.494 e. The molecule has 1 aliphatic rings. The van der Waals surface area contributed by atoms with Gasteiger partial charge in [-0.15, -0.1) is 0 Å². The molecule has 9 nitrogen and oxygen atoms in total. The van der Waals surface area contributed by atoms with Gasteiger partial charge in [0, 0.05) is 29.9 Å². The van der Waals surface area contributed by atoms with Crippen LogP contribution in [0.2, 0.25) is 0 Å². The number of rotatable bonds is 8. The van der Waals surface area contributed by atoms with Gasteiger partial charge >= 0.3 is 5.97 Å². The highest BCUT2D eigenvalue weighted by Crippen LogP contribution is 2.44. The summed E-state index contributed by atoms with van der Waals surface area (Å²) in [7, 11) is 1.54. The molecule has 2 atom stereocenters. The fourth-order valence-electron chi connectivity index (χ4n) is 4.57. The van der Waals surface area contributed by atoms with Crippen molar-refractivity contribution >= 4 is 40.6 Å². The summed E-state index contributed by atoms with van der Waals surface area (Å²) in [5, 5.41) is 16.1. The molecule has 1 fully saturated rings. The molecule has 1 amide bonds. The summed E-state index contributed by atoms with van der Waals surface area (Å²) in [6.45, 7) is 1.78. The molecule has 2 aromatic carbocycles. The number of hydrogen-bond acceptors (Lipinski definition) is 6. The third-order valence-electron chi connectivity index (χ3n) is 6.47. The van der Waals surface area contributed by atoms with Gasteiger partial charge in [0.2, 0.25) is 5.91 Å². The standard InChI is InChI=1S/C29H26N4O5S/c1-3-25(34)31-20-11-10-19(16-24(20)37-2)33-27(26(32-29(33)39)21-9-4-5-14-30-21)23-13-12-22(38-23)17-7-6-8-18(15-17)28(35)36/h4-16,26-27H,3H2,1-2H3,(H,31,34)(H,32,39)(H,35,36)/t26-,27-/m0/s1. The van der Waals surface area contributed by atoms with Crippen LogP contribution in [0.15, 0.2) is 83.4 Å². The molecular weight excluding hydrogens is 516 g/mol. The highest BCUT2D eigenvalue weighted by atomic mass is 32.1. The van der Waals surface area contributed by atoms with E-state index in [2.05, 4.69) is 15.6 Å². The van der Waals surface area contributed by atoms with Crippen molar-refractivity contribution in [2.45, 2.75) is 25.4 Å². The van der Waals surface area contributed by atoms with Crippen LogP contribution in [0.4, 0.5) is 11.4 Å². The molecule has 0 bridgehead atoms. The van der Waals surface area contributed by atoms with Gasteiger partial charge in [-0.2, -0.15) is 0 Å². The van der Waals surface area contributed by atoms with E-state index in [4.69, 9.17) is 21.4 Å². The highest BCUT2D eigenvalue weighted by Gasteiger charge is 2.42. The first-order valence-corrected chi connectivity index (χ1v) is 12.7. The third kappa shape index (κ3) is 5.19. The Bertz CT molecular complexity index is 1540. The highest BCUT2D eigenvalue weighted by molar-refractivity contribution is 7.80. The van der Waals surface area contributed by atoms with Gasteiger partial charge in [-0.3, -0.25) is 9.78 Å². The topological polar surface area (TPSA) is 117 Å². The van der Waals surface area contributed by atoms with Gasteiger partial charge in [0.15, 0.2) is 5.11 Å². The van der Waals surface area contributed by atoms with Gasteiger partial charge in [0.25, 0.3) is 0 Å². The van der Waals surface area contributed by atoms with Crippen molar-refractivity contribution < 1.29 is 23.8 Å². The number of anilines is 2. The first kappa shape index (κ1) is 25.9. The molecule has 4 aromatic rings. The first-order chi connectivity index (χ1) is 18.9. The number of thiocarbonyl (C=S) groups is 1. The van der Waals surface area contributed by atoms with E-state index < -0.39 is 12.0 Å². The molecule has 0 radical (unpaired) electrons. The van der Waals surface area contributed by atoms with Gasteiger partial charge in [-0.25, -0.2) is 4.79 Å². The van der Waals surface area contributed by atoms with Gasteiger partial charge in [-0.05, 0) is 60.7 Å². The van der Waals surface area contributed by atoms with Crippen LogP contribution in [0.1, 0.15) is 47.2 Å². The number of carboxylic acids is 1. The van der Waals surface area contributed by atoms with E-state index in [1.165, 1.54) is 6.07 Å². The summed E-state index contributed by atoms with van der Waals surface area (Å²) in [6, 6.07) is 20.6. The van der Waals surface area contributed by atoms with Crippen molar-refractivity contribution in [1.82, 2.24) is 10.3 Å². The van der Waals surface area contributed by atoms with Crippen molar-refractivity contribution in [3.63, 3.8) is 0 Å². The normalized spacial score (nSPS) is 16.6. The van der Waals surface area contributed by atoms with Gasteiger partial charge < -0.3 is 29.8 Å². The number of aromatic nitrogens is 1. The number of furan rings is 1. The number of amides is 1. The Hall–Kier alpha value is -4.70. The number of carboxylic acid groups (broad SMARTS) is 1. The average molecular weight is 543 g/mol. The Morgan fingerprint density at radius 3 is 2.69 bits per heavy atom. The predicted octanol–water partition coefficient (Wildman–Crippen LogP) is 5.57. The van der Waals surface area contributed by atoms with Crippen LogP contribution in [0.3, 0.4) is 0 Å². The number of aromatic carboxylic acids is 1. The molecule has 0 spiro atoms. The number of carbonyl (C=O) groups excluding carboxylic acids is 1. The van der Waals surface area contributed by atoms with Gasteiger partial charge in [0.1, 0.15) is 23.3 Å². The summed E-state index contributed by atoms with van der Waals surface area (Å²) in [5.74, 6) is 0.491. The van der Waals surface area contributed by atoms with E-state index in [1.54, 1.807) is 44.5 Å². The number of nitrogens with one attached hydrogen (secondary N) is 2. The number of benzene rings is 2. The SMILES string of the molecule is CCC(=O)Nc1ccc(N2C(=S)N[C@@H](c3ccccn3)[C@@H]2c2ccc(-c3cccc(C(=O)O)c3)o2)cc1OC. The maximum Gasteiger partial charge on any atom is 0.335 e. The van der Waals surface area contributed by atoms with E-state index in [-0.39, 0.29) is 17.5 Å². The molecule has 0 saturated carbocycles. The zero-order valence-corrected chi connectivity index (χ0v) is 22.1. The minimum atomic E-state index is -1.01. The molecule has 5 rings (SSSR count). The molecule has 3 heterocycles. The fourth-order valence-corrected chi connectivity index (χ4v) is 4.91. The summed E-state index contributed by atoms with van der Waals surface area (Å²) in [5.41, 5.74) is 2.88. The summed E-state index contributed by atoms with van der Waals surface area (Å²) < 4.78 is 11.9. The number of methoxy groups -OCH3 is 1. The van der Waals surface area contributed by atoms with E-state index in [0.29, 0.717) is 40.1 Å². The smallest absolute Gasteiger partial charge is 0.335 e. The summed E-state index contributed by atoms with van der Waals surface area (Å²) in [4.78, 5) is 30.0. The van der Waals surface area contributed by atoms with E-state index in [9.17, 15) is 14.7 Å². The number of nitrogens with zero attached hydrogens (tertiary/aromatic N) is 2. The lowest BCUT2D eigenvalue weighted by Crippen LogP contribution is -2.29. The zero-order valence-electron chi connectivity index (χ0n) is 21.3. The lowest BCUT2D eigenvalue weighted by molar-refractivity contribution is -0.115. The van der Waals surface area contributed by atoms with Crippen LogP contribution in [0.25, 0.3) is 11.3 Å².